The summed E-state index contributed by atoms with van der Waals surface area (Å²) in [6, 6.07) is 20.3. The van der Waals surface area contributed by atoms with Gasteiger partial charge in [-0.05, 0) is 50.2 Å². The van der Waals surface area contributed by atoms with E-state index in [2.05, 4.69) is 42.5 Å². The van der Waals surface area contributed by atoms with Gasteiger partial charge in [-0.1, -0.05) is 84.5 Å². The molecular weight excluding hydrogens is 394 g/mol. The number of hydrogen-bond donors (Lipinski definition) is 0. The lowest BCUT2D eigenvalue weighted by Gasteiger charge is -2.41. The predicted molar refractivity (Wildman–Crippen MR) is 127 cm³/mol. The molecule has 2 aromatic rings. The Morgan fingerprint density at radius 2 is 1.59 bits per heavy atom. The van der Waals surface area contributed by atoms with Crippen LogP contribution in [0.4, 0.5) is 0 Å². The Balaban J connectivity index is 1.53. The monoisotopic (exact) mass is 425 g/mol. The quantitative estimate of drug-likeness (QED) is 0.435. The molecule has 4 atom stereocenters. The number of amides is 2. The van der Waals surface area contributed by atoms with Crippen molar-refractivity contribution < 1.29 is 9.59 Å². The molecule has 1 heterocycles. The molecule has 0 saturated carbocycles. The van der Waals surface area contributed by atoms with E-state index in [1.807, 2.05) is 43.3 Å². The van der Waals surface area contributed by atoms with E-state index in [-0.39, 0.29) is 29.6 Å². The first-order valence-electron chi connectivity index (χ1n) is 11.9. The first-order chi connectivity index (χ1) is 15.6. The predicted octanol–water partition coefficient (Wildman–Crippen LogP) is 6.01. The van der Waals surface area contributed by atoms with Crippen molar-refractivity contribution in [2.24, 2.45) is 11.3 Å². The number of carbonyl (C=O) groups excluding carboxylic acids is 2. The van der Waals surface area contributed by atoms with Crippen LogP contribution in [0.5, 0.6) is 0 Å². The van der Waals surface area contributed by atoms with Crippen LogP contribution in [0.15, 0.2) is 84.5 Å². The lowest BCUT2D eigenvalue weighted by atomic mass is 9.58. The summed E-state index contributed by atoms with van der Waals surface area (Å²) in [7, 11) is 0. The molecule has 5 rings (SSSR count). The number of likely N-dealkylation sites (tertiary alicyclic amines) is 1. The second-order valence-corrected chi connectivity index (χ2v) is 9.62. The molecule has 3 heteroatoms. The highest BCUT2D eigenvalue weighted by atomic mass is 16.2. The van der Waals surface area contributed by atoms with E-state index >= 15 is 0 Å². The largest absolute Gasteiger partial charge is 0.281 e. The van der Waals surface area contributed by atoms with E-state index in [0.717, 1.165) is 30.4 Å². The van der Waals surface area contributed by atoms with E-state index in [9.17, 15) is 9.59 Å². The molecule has 3 nitrogen and oxygen atoms in total. The average molecular weight is 426 g/mol. The zero-order valence-corrected chi connectivity index (χ0v) is 18.7. The van der Waals surface area contributed by atoms with E-state index in [0.29, 0.717) is 6.54 Å². The number of imide groups is 1. The minimum absolute atomic E-state index is 0.00644. The first kappa shape index (κ1) is 20.9. The molecule has 1 aliphatic heterocycles. The normalized spacial score (nSPS) is 29.7. The zero-order valence-electron chi connectivity index (χ0n) is 18.7. The van der Waals surface area contributed by atoms with Gasteiger partial charge in [-0.25, -0.2) is 0 Å². The van der Waals surface area contributed by atoms with Gasteiger partial charge >= 0.3 is 0 Å². The highest BCUT2D eigenvalue weighted by Gasteiger charge is 2.62. The molecule has 1 saturated heterocycles. The van der Waals surface area contributed by atoms with Gasteiger partial charge < -0.3 is 0 Å². The summed E-state index contributed by atoms with van der Waals surface area (Å²) >= 11 is 0. The van der Waals surface area contributed by atoms with Crippen molar-refractivity contribution in [2.75, 3.05) is 6.54 Å². The molecular formula is C29H31NO2. The Hall–Kier alpha value is -2.94. The summed E-state index contributed by atoms with van der Waals surface area (Å²) in [6.07, 6.45) is 12.1. The molecule has 0 N–H and O–H groups in total. The summed E-state index contributed by atoms with van der Waals surface area (Å²) in [5.41, 5.74) is 2.81. The topological polar surface area (TPSA) is 37.4 Å². The van der Waals surface area contributed by atoms with Gasteiger partial charge in [0.15, 0.2) is 0 Å². The SMILES string of the molecule is C[C@]12C(=O)N(CCC3=CCCCC3)C(=O)[C@@H]1[C@H](c1ccccc1)C=C[C@@H]2c1ccccc1. The highest BCUT2D eigenvalue weighted by Crippen LogP contribution is 2.57. The van der Waals surface area contributed by atoms with E-state index in [1.165, 1.54) is 18.4 Å². The Labute approximate surface area is 190 Å². The molecule has 3 aliphatic rings. The van der Waals surface area contributed by atoms with Crippen molar-refractivity contribution in [3.8, 4) is 0 Å². The standard InChI is InChI=1S/C29H31NO2/c1-29-25(23-15-9-4-10-16-23)18-17-24(22-13-7-3-8-14-22)26(29)27(31)30(28(29)32)20-19-21-11-5-2-6-12-21/h3-4,7-11,13-18,24-26H,2,5-6,12,19-20H2,1H3/t24-,25+,26-,29+/m0/s1. The fraction of sp³-hybridized carbons (Fsp3) is 0.379. The fourth-order valence-corrected chi connectivity index (χ4v) is 6.04. The van der Waals surface area contributed by atoms with E-state index in [4.69, 9.17) is 0 Å². The Bertz CT molecular complexity index is 1060. The summed E-state index contributed by atoms with van der Waals surface area (Å²) in [5.74, 6) is -0.593. The Kier molecular flexibility index (Phi) is 5.58. The summed E-state index contributed by atoms with van der Waals surface area (Å²) in [4.78, 5) is 29.4. The Morgan fingerprint density at radius 3 is 2.25 bits per heavy atom. The second kappa shape index (κ2) is 8.54. The van der Waals surface area contributed by atoms with Crippen molar-refractivity contribution in [3.63, 3.8) is 0 Å². The van der Waals surface area contributed by atoms with Gasteiger partial charge in [0.25, 0.3) is 0 Å². The van der Waals surface area contributed by atoms with Crippen molar-refractivity contribution in [1.82, 2.24) is 4.90 Å². The maximum atomic E-state index is 14.0. The summed E-state index contributed by atoms with van der Waals surface area (Å²) in [6.45, 7) is 2.52. The van der Waals surface area contributed by atoms with Crippen LogP contribution in [0, 0.1) is 11.3 Å². The van der Waals surface area contributed by atoms with Gasteiger partial charge in [0.2, 0.25) is 11.8 Å². The number of allylic oxidation sites excluding steroid dienone is 3. The van der Waals surface area contributed by atoms with Crippen LogP contribution in [0.1, 0.15) is 62.0 Å². The molecule has 0 bridgehead atoms. The van der Waals surface area contributed by atoms with Crippen molar-refractivity contribution >= 4 is 11.8 Å². The lowest BCUT2D eigenvalue weighted by Crippen LogP contribution is -2.42. The third-order valence-corrected chi connectivity index (χ3v) is 7.78. The van der Waals surface area contributed by atoms with Crippen LogP contribution in [-0.2, 0) is 9.59 Å². The number of carbonyl (C=O) groups is 2. The molecule has 0 aromatic heterocycles. The van der Waals surface area contributed by atoms with Crippen LogP contribution in [-0.4, -0.2) is 23.3 Å². The lowest BCUT2D eigenvalue weighted by molar-refractivity contribution is -0.141. The molecule has 2 amide bonds. The molecule has 0 radical (unpaired) electrons. The van der Waals surface area contributed by atoms with Gasteiger partial charge in [-0.15, -0.1) is 0 Å². The van der Waals surface area contributed by atoms with Crippen LogP contribution in [0.3, 0.4) is 0 Å². The number of rotatable bonds is 5. The molecule has 2 aromatic carbocycles. The van der Waals surface area contributed by atoms with E-state index in [1.54, 1.807) is 4.90 Å². The third kappa shape index (κ3) is 3.44. The maximum Gasteiger partial charge on any atom is 0.236 e. The minimum Gasteiger partial charge on any atom is -0.281 e. The van der Waals surface area contributed by atoms with Gasteiger partial charge in [0.1, 0.15) is 0 Å². The number of fused-ring (bicyclic) bond motifs is 1. The van der Waals surface area contributed by atoms with Crippen LogP contribution >= 0.6 is 0 Å². The molecule has 0 spiro atoms. The minimum atomic E-state index is -0.783. The fourth-order valence-electron chi connectivity index (χ4n) is 6.04. The third-order valence-electron chi connectivity index (χ3n) is 7.78. The van der Waals surface area contributed by atoms with Gasteiger partial charge in [0.05, 0.1) is 11.3 Å². The van der Waals surface area contributed by atoms with Crippen LogP contribution < -0.4 is 0 Å². The maximum absolute atomic E-state index is 14.0. The number of benzene rings is 2. The van der Waals surface area contributed by atoms with Crippen molar-refractivity contribution in [3.05, 3.63) is 95.6 Å². The van der Waals surface area contributed by atoms with E-state index < -0.39 is 5.41 Å². The zero-order chi connectivity index (χ0) is 22.1. The Morgan fingerprint density at radius 1 is 0.906 bits per heavy atom. The van der Waals surface area contributed by atoms with Crippen LogP contribution in [0.25, 0.3) is 0 Å². The van der Waals surface area contributed by atoms with Crippen molar-refractivity contribution in [1.29, 1.82) is 0 Å². The van der Waals surface area contributed by atoms with Gasteiger partial charge in [-0.2, -0.15) is 0 Å². The van der Waals surface area contributed by atoms with Crippen molar-refractivity contribution in [2.45, 2.75) is 50.9 Å². The smallest absolute Gasteiger partial charge is 0.236 e. The molecule has 164 valence electrons. The summed E-state index contributed by atoms with van der Waals surface area (Å²) < 4.78 is 0. The second-order valence-electron chi connectivity index (χ2n) is 9.62. The highest BCUT2D eigenvalue weighted by molar-refractivity contribution is 6.08. The number of hydrogen-bond acceptors (Lipinski definition) is 2. The first-order valence-corrected chi connectivity index (χ1v) is 11.9. The number of nitrogens with zero attached hydrogens (tertiary/aromatic N) is 1. The van der Waals surface area contributed by atoms with Gasteiger partial charge in [-0.3, -0.25) is 14.5 Å². The molecule has 32 heavy (non-hydrogen) atoms. The molecule has 0 unspecified atom stereocenters. The molecule has 1 fully saturated rings. The van der Waals surface area contributed by atoms with Gasteiger partial charge in [0, 0.05) is 18.4 Å². The average Bonchev–Trinajstić information content (AvgIpc) is 3.04. The summed E-state index contributed by atoms with van der Waals surface area (Å²) in [5, 5.41) is 0. The van der Waals surface area contributed by atoms with Crippen LogP contribution in [0.2, 0.25) is 0 Å². The molecule has 2 aliphatic carbocycles.